The SMILES string of the molecule is CC(N)(COC1CCC1)c1noc(-c2ccc(Br)o2)n1. The molecule has 1 aliphatic carbocycles. The lowest BCUT2D eigenvalue weighted by Gasteiger charge is -2.29. The molecule has 0 amide bonds. The Kier molecular flexibility index (Phi) is 3.66. The fourth-order valence-corrected chi connectivity index (χ4v) is 2.18. The molecule has 1 aliphatic rings. The van der Waals surface area contributed by atoms with Crippen LogP contribution in [0.4, 0.5) is 0 Å². The average molecular weight is 342 g/mol. The summed E-state index contributed by atoms with van der Waals surface area (Å²) >= 11 is 3.23. The van der Waals surface area contributed by atoms with Gasteiger partial charge in [0.1, 0.15) is 5.54 Å². The number of aromatic nitrogens is 2. The highest BCUT2D eigenvalue weighted by atomic mass is 79.9. The number of hydrogen-bond acceptors (Lipinski definition) is 6. The van der Waals surface area contributed by atoms with Crippen molar-refractivity contribution >= 4 is 15.9 Å². The monoisotopic (exact) mass is 341 g/mol. The van der Waals surface area contributed by atoms with Crippen LogP contribution in [-0.4, -0.2) is 22.9 Å². The third-order valence-electron chi connectivity index (χ3n) is 3.39. The van der Waals surface area contributed by atoms with Crippen LogP contribution in [0.2, 0.25) is 0 Å². The van der Waals surface area contributed by atoms with Crippen LogP contribution in [0, 0.1) is 0 Å². The molecule has 0 aromatic carbocycles. The van der Waals surface area contributed by atoms with Gasteiger partial charge in [0.2, 0.25) is 0 Å². The van der Waals surface area contributed by atoms with E-state index in [-0.39, 0.29) is 0 Å². The van der Waals surface area contributed by atoms with Crippen molar-refractivity contribution in [2.45, 2.75) is 37.8 Å². The lowest BCUT2D eigenvalue weighted by molar-refractivity contribution is -0.0222. The maximum absolute atomic E-state index is 6.21. The Balaban J connectivity index is 1.71. The lowest BCUT2D eigenvalue weighted by atomic mass is 9.95. The second-order valence-electron chi connectivity index (χ2n) is 5.31. The molecule has 3 rings (SSSR count). The molecule has 2 N–H and O–H groups in total. The van der Waals surface area contributed by atoms with Gasteiger partial charge in [-0.25, -0.2) is 0 Å². The van der Waals surface area contributed by atoms with Crippen molar-refractivity contribution < 1.29 is 13.7 Å². The number of hydrogen-bond donors (Lipinski definition) is 1. The zero-order valence-electron chi connectivity index (χ0n) is 11.1. The number of halogens is 1. The van der Waals surface area contributed by atoms with Crippen LogP contribution in [-0.2, 0) is 10.3 Å². The summed E-state index contributed by atoms with van der Waals surface area (Å²) in [7, 11) is 0. The molecule has 0 radical (unpaired) electrons. The van der Waals surface area contributed by atoms with Gasteiger partial charge in [-0.2, -0.15) is 4.98 Å². The van der Waals surface area contributed by atoms with E-state index < -0.39 is 5.54 Å². The second-order valence-corrected chi connectivity index (χ2v) is 6.09. The van der Waals surface area contributed by atoms with Crippen molar-refractivity contribution in [1.82, 2.24) is 10.1 Å². The van der Waals surface area contributed by atoms with Crippen LogP contribution in [0.3, 0.4) is 0 Å². The van der Waals surface area contributed by atoms with E-state index in [9.17, 15) is 0 Å². The van der Waals surface area contributed by atoms with Crippen molar-refractivity contribution in [1.29, 1.82) is 0 Å². The minimum atomic E-state index is -0.777. The smallest absolute Gasteiger partial charge is 0.293 e. The number of nitrogens with zero attached hydrogens (tertiary/aromatic N) is 2. The molecule has 2 aromatic rings. The summed E-state index contributed by atoms with van der Waals surface area (Å²) in [6.07, 6.45) is 3.76. The standard InChI is InChI=1S/C13H16BrN3O3/c1-13(15,7-18-8-3-2-4-8)12-16-11(20-17-12)9-5-6-10(14)19-9/h5-6,8H,2-4,7,15H2,1H3. The third-order valence-corrected chi connectivity index (χ3v) is 3.82. The maximum atomic E-state index is 6.21. The molecule has 2 aromatic heterocycles. The first-order chi connectivity index (χ1) is 9.54. The van der Waals surface area contributed by atoms with Gasteiger partial charge >= 0.3 is 0 Å². The molecular formula is C13H16BrN3O3. The van der Waals surface area contributed by atoms with Gasteiger partial charge in [-0.1, -0.05) is 5.16 Å². The van der Waals surface area contributed by atoms with Gasteiger partial charge in [-0.3, -0.25) is 0 Å². The van der Waals surface area contributed by atoms with Gasteiger partial charge in [0.05, 0.1) is 12.7 Å². The van der Waals surface area contributed by atoms with Crippen molar-refractivity contribution in [3.8, 4) is 11.7 Å². The van der Waals surface area contributed by atoms with E-state index in [1.165, 1.54) is 6.42 Å². The Bertz CT molecular complexity index is 589. The average Bonchev–Trinajstić information content (AvgIpc) is 2.94. The third kappa shape index (κ3) is 2.79. The molecule has 7 heteroatoms. The molecule has 1 fully saturated rings. The van der Waals surface area contributed by atoms with Crippen molar-refractivity contribution in [3.05, 3.63) is 22.6 Å². The Morgan fingerprint density at radius 1 is 1.50 bits per heavy atom. The Labute approximate surface area is 124 Å². The van der Waals surface area contributed by atoms with E-state index in [1.54, 1.807) is 12.1 Å². The molecule has 0 aliphatic heterocycles. The molecule has 1 atom stereocenters. The van der Waals surface area contributed by atoms with E-state index >= 15 is 0 Å². The predicted octanol–water partition coefficient (Wildman–Crippen LogP) is 2.84. The van der Waals surface area contributed by atoms with Gasteiger partial charge in [0.25, 0.3) is 5.89 Å². The number of rotatable bonds is 5. The normalized spacial score (nSPS) is 18.8. The summed E-state index contributed by atoms with van der Waals surface area (Å²) in [5.74, 6) is 1.23. The van der Waals surface area contributed by atoms with Crippen LogP contribution in [0.1, 0.15) is 32.0 Å². The molecule has 0 bridgehead atoms. The van der Waals surface area contributed by atoms with E-state index in [0.29, 0.717) is 34.9 Å². The first-order valence-electron chi connectivity index (χ1n) is 6.55. The quantitative estimate of drug-likeness (QED) is 0.899. The zero-order chi connectivity index (χ0) is 14.2. The molecule has 6 nitrogen and oxygen atoms in total. The highest BCUT2D eigenvalue weighted by molar-refractivity contribution is 9.10. The van der Waals surface area contributed by atoms with Crippen LogP contribution in [0.15, 0.2) is 25.7 Å². The summed E-state index contributed by atoms with van der Waals surface area (Å²) in [6, 6.07) is 3.51. The molecule has 1 unspecified atom stereocenters. The highest BCUT2D eigenvalue weighted by Gasteiger charge is 2.31. The Morgan fingerprint density at radius 2 is 2.30 bits per heavy atom. The number of nitrogens with two attached hydrogens (primary N) is 1. The molecule has 2 heterocycles. The van der Waals surface area contributed by atoms with Gasteiger partial charge in [-0.15, -0.1) is 0 Å². The van der Waals surface area contributed by atoms with Crippen molar-refractivity contribution in [3.63, 3.8) is 0 Å². The van der Waals surface area contributed by atoms with Gasteiger partial charge in [0, 0.05) is 0 Å². The molecule has 1 saturated carbocycles. The number of ether oxygens (including phenoxy) is 1. The fraction of sp³-hybridized carbons (Fsp3) is 0.538. The molecule has 0 saturated heterocycles. The van der Waals surface area contributed by atoms with Crippen LogP contribution < -0.4 is 5.73 Å². The van der Waals surface area contributed by atoms with Crippen LogP contribution in [0.25, 0.3) is 11.7 Å². The summed E-state index contributed by atoms with van der Waals surface area (Å²) in [4.78, 5) is 4.29. The van der Waals surface area contributed by atoms with Crippen molar-refractivity contribution in [2.75, 3.05) is 6.61 Å². The molecule has 108 valence electrons. The van der Waals surface area contributed by atoms with Crippen LogP contribution >= 0.6 is 15.9 Å². The first-order valence-corrected chi connectivity index (χ1v) is 7.34. The maximum Gasteiger partial charge on any atom is 0.293 e. The van der Waals surface area contributed by atoms with Crippen molar-refractivity contribution in [2.24, 2.45) is 5.73 Å². The predicted molar refractivity (Wildman–Crippen MR) is 74.8 cm³/mol. The Morgan fingerprint density at radius 3 is 2.90 bits per heavy atom. The summed E-state index contributed by atoms with van der Waals surface area (Å²) < 4.78 is 16.9. The number of furan rings is 1. The summed E-state index contributed by atoms with van der Waals surface area (Å²) in [6.45, 7) is 2.21. The molecule has 20 heavy (non-hydrogen) atoms. The summed E-state index contributed by atoms with van der Waals surface area (Å²) in [5.41, 5.74) is 5.44. The Hall–Kier alpha value is -1.18. The van der Waals surface area contributed by atoms with E-state index in [1.807, 2.05) is 6.92 Å². The van der Waals surface area contributed by atoms with Gasteiger partial charge < -0.3 is 19.4 Å². The molecule has 0 spiro atoms. The van der Waals surface area contributed by atoms with E-state index in [0.717, 1.165) is 12.8 Å². The molecular weight excluding hydrogens is 326 g/mol. The van der Waals surface area contributed by atoms with E-state index in [2.05, 4.69) is 26.1 Å². The minimum Gasteiger partial charge on any atom is -0.444 e. The topological polar surface area (TPSA) is 87.3 Å². The lowest BCUT2D eigenvalue weighted by Crippen LogP contribution is -2.41. The zero-order valence-corrected chi connectivity index (χ0v) is 12.7. The minimum absolute atomic E-state index is 0.311. The van der Waals surface area contributed by atoms with Crippen LogP contribution in [0.5, 0.6) is 0 Å². The first kappa shape index (κ1) is 13.8. The van der Waals surface area contributed by atoms with Gasteiger partial charge in [0.15, 0.2) is 16.3 Å². The highest BCUT2D eigenvalue weighted by Crippen LogP contribution is 2.27. The summed E-state index contributed by atoms with van der Waals surface area (Å²) in [5, 5.41) is 3.93. The fourth-order valence-electron chi connectivity index (χ4n) is 1.88. The largest absolute Gasteiger partial charge is 0.444 e. The second kappa shape index (κ2) is 5.31. The van der Waals surface area contributed by atoms with E-state index in [4.69, 9.17) is 19.4 Å². The van der Waals surface area contributed by atoms with Gasteiger partial charge in [-0.05, 0) is 54.2 Å².